The van der Waals surface area contributed by atoms with Gasteiger partial charge in [-0.1, -0.05) is 0 Å². The minimum Gasteiger partial charge on any atom is -0.461 e. The third-order valence-electron chi connectivity index (χ3n) is 4.18. The van der Waals surface area contributed by atoms with E-state index in [0.717, 1.165) is 4.90 Å². The minimum absolute atomic E-state index is 0.107. The van der Waals surface area contributed by atoms with Crippen LogP contribution in [-0.2, 0) is 19.1 Å². The number of nitrogens with one attached hydrogen (secondary N) is 1. The summed E-state index contributed by atoms with van der Waals surface area (Å²) in [6.45, 7) is 3.19. The van der Waals surface area contributed by atoms with Crippen LogP contribution in [0.2, 0.25) is 0 Å². The van der Waals surface area contributed by atoms with Gasteiger partial charge in [-0.2, -0.15) is 5.10 Å². The molecule has 1 N–H and O–H groups in total. The van der Waals surface area contributed by atoms with Gasteiger partial charge in [0.05, 0.1) is 17.2 Å². The van der Waals surface area contributed by atoms with Gasteiger partial charge in [0.2, 0.25) is 5.91 Å². The molecule has 130 valence electrons. The topological polar surface area (TPSA) is 131 Å². The first kappa shape index (κ1) is 16.6. The maximum atomic E-state index is 12.8. The van der Waals surface area contributed by atoms with Crippen LogP contribution in [0.4, 0.5) is 11.4 Å². The zero-order valence-electron chi connectivity index (χ0n) is 13.4. The lowest BCUT2D eigenvalue weighted by molar-refractivity contribution is -0.384. The number of carbonyl (C=O) groups is 3. The number of amides is 2. The van der Waals surface area contributed by atoms with E-state index >= 15 is 0 Å². The van der Waals surface area contributed by atoms with Crippen molar-refractivity contribution in [2.45, 2.75) is 19.4 Å². The third kappa shape index (κ3) is 2.33. The van der Waals surface area contributed by atoms with E-state index in [2.05, 4.69) is 10.5 Å². The second-order valence-electron chi connectivity index (χ2n) is 5.72. The van der Waals surface area contributed by atoms with Gasteiger partial charge in [-0.25, -0.2) is 9.69 Å². The van der Waals surface area contributed by atoms with E-state index in [1.165, 1.54) is 31.2 Å². The highest BCUT2D eigenvalue weighted by molar-refractivity contribution is 6.47. The molecule has 2 amide bonds. The highest BCUT2D eigenvalue weighted by atomic mass is 16.6. The van der Waals surface area contributed by atoms with E-state index in [1.807, 2.05) is 0 Å². The van der Waals surface area contributed by atoms with Gasteiger partial charge in [0, 0.05) is 12.1 Å². The Labute approximate surface area is 141 Å². The van der Waals surface area contributed by atoms with Gasteiger partial charge in [-0.05, 0) is 26.0 Å². The first-order valence-corrected chi connectivity index (χ1v) is 7.46. The smallest absolute Gasteiger partial charge is 0.355 e. The van der Waals surface area contributed by atoms with Crippen molar-refractivity contribution in [3.63, 3.8) is 0 Å². The molecule has 10 heteroatoms. The Morgan fingerprint density at radius 1 is 1.40 bits per heavy atom. The molecule has 2 atom stereocenters. The molecule has 1 aromatic carbocycles. The SMILES string of the molecule is CCOC(=O)C1=NN[C@]2(C)C(=O)N(c3ccc([N+](=O)[O-])cc3)C(=O)[C@@H]12. The number of nitrogens with zero attached hydrogens (tertiary/aromatic N) is 3. The predicted molar refractivity (Wildman–Crippen MR) is 84.7 cm³/mol. The van der Waals surface area contributed by atoms with Crippen molar-refractivity contribution in [1.29, 1.82) is 0 Å². The Bertz CT molecular complexity index is 818. The van der Waals surface area contributed by atoms with Crippen molar-refractivity contribution in [2.75, 3.05) is 11.5 Å². The number of hydrogen-bond acceptors (Lipinski definition) is 8. The number of hydrogen-bond donors (Lipinski definition) is 1. The lowest BCUT2D eigenvalue weighted by Crippen LogP contribution is -2.48. The molecule has 1 aromatic rings. The summed E-state index contributed by atoms with van der Waals surface area (Å²) in [4.78, 5) is 48.6. The fourth-order valence-electron chi connectivity index (χ4n) is 2.91. The number of ether oxygens (including phenoxy) is 1. The third-order valence-corrected chi connectivity index (χ3v) is 4.18. The van der Waals surface area contributed by atoms with E-state index in [1.54, 1.807) is 6.92 Å². The van der Waals surface area contributed by atoms with Gasteiger partial charge in [-0.15, -0.1) is 0 Å². The van der Waals surface area contributed by atoms with E-state index in [9.17, 15) is 24.5 Å². The van der Waals surface area contributed by atoms with Gasteiger partial charge in [0.25, 0.3) is 11.6 Å². The van der Waals surface area contributed by atoms with Crippen molar-refractivity contribution in [3.05, 3.63) is 34.4 Å². The molecule has 0 bridgehead atoms. The van der Waals surface area contributed by atoms with Crippen LogP contribution in [0.1, 0.15) is 13.8 Å². The average molecular weight is 346 g/mol. The molecule has 3 rings (SSSR count). The van der Waals surface area contributed by atoms with Crippen molar-refractivity contribution in [3.8, 4) is 0 Å². The number of esters is 1. The number of rotatable bonds is 4. The number of fused-ring (bicyclic) bond motifs is 1. The van der Waals surface area contributed by atoms with Crippen LogP contribution in [0.25, 0.3) is 0 Å². The fourth-order valence-corrected chi connectivity index (χ4v) is 2.91. The van der Waals surface area contributed by atoms with E-state index in [-0.39, 0.29) is 23.7 Å². The summed E-state index contributed by atoms with van der Waals surface area (Å²) in [5.41, 5.74) is 1.01. The van der Waals surface area contributed by atoms with Gasteiger partial charge in [-0.3, -0.25) is 25.1 Å². The van der Waals surface area contributed by atoms with Gasteiger partial charge >= 0.3 is 5.97 Å². The van der Waals surface area contributed by atoms with E-state index < -0.39 is 34.2 Å². The Balaban J connectivity index is 1.96. The number of imide groups is 1. The number of benzene rings is 1. The lowest BCUT2D eigenvalue weighted by Gasteiger charge is -2.20. The maximum absolute atomic E-state index is 12.8. The van der Waals surface area contributed by atoms with Crippen LogP contribution in [-0.4, -0.2) is 40.6 Å². The summed E-state index contributed by atoms with van der Waals surface area (Å²) in [6.07, 6.45) is 0. The summed E-state index contributed by atoms with van der Waals surface area (Å²) >= 11 is 0. The molecule has 2 heterocycles. The molecule has 25 heavy (non-hydrogen) atoms. The average Bonchev–Trinajstić information content (AvgIpc) is 3.02. The molecule has 10 nitrogen and oxygen atoms in total. The summed E-state index contributed by atoms with van der Waals surface area (Å²) in [7, 11) is 0. The van der Waals surface area contributed by atoms with Crippen molar-refractivity contribution in [1.82, 2.24) is 5.43 Å². The second kappa shape index (κ2) is 5.65. The summed E-state index contributed by atoms with van der Waals surface area (Å²) < 4.78 is 4.88. The molecular weight excluding hydrogens is 332 g/mol. The number of nitro groups is 1. The van der Waals surface area contributed by atoms with Gasteiger partial charge in [0.15, 0.2) is 5.71 Å². The number of non-ortho nitro benzene ring substituents is 1. The van der Waals surface area contributed by atoms with Crippen LogP contribution in [0, 0.1) is 16.0 Å². The monoisotopic (exact) mass is 346 g/mol. The fraction of sp³-hybridized carbons (Fsp3) is 0.333. The normalized spacial score (nSPS) is 24.6. The Morgan fingerprint density at radius 3 is 2.60 bits per heavy atom. The molecule has 1 fully saturated rings. The molecule has 0 unspecified atom stereocenters. The quantitative estimate of drug-likeness (QED) is 0.360. The highest BCUT2D eigenvalue weighted by Crippen LogP contribution is 2.38. The van der Waals surface area contributed by atoms with Crippen molar-refractivity contribution in [2.24, 2.45) is 11.0 Å². The van der Waals surface area contributed by atoms with E-state index in [0.29, 0.717) is 0 Å². The van der Waals surface area contributed by atoms with Crippen molar-refractivity contribution >= 4 is 34.9 Å². The lowest BCUT2D eigenvalue weighted by atomic mass is 9.86. The first-order valence-electron chi connectivity index (χ1n) is 7.46. The molecule has 0 spiro atoms. The maximum Gasteiger partial charge on any atom is 0.355 e. The van der Waals surface area contributed by atoms with Crippen LogP contribution in [0.3, 0.4) is 0 Å². The van der Waals surface area contributed by atoms with Crippen LogP contribution in [0.15, 0.2) is 29.4 Å². The number of nitro benzene ring substituents is 1. The van der Waals surface area contributed by atoms with Gasteiger partial charge in [0.1, 0.15) is 11.5 Å². The Hall–Kier alpha value is -3.30. The summed E-state index contributed by atoms with van der Waals surface area (Å²) in [5, 5.41) is 14.5. The number of carbonyl (C=O) groups excluding carboxylic acids is 3. The van der Waals surface area contributed by atoms with Crippen molar-refractivity contribution < 1.29 is 24.0 Å². The standard InChI is InChI=1S/C15H14N4O6/c1-3-25-13(21)11-10-12(20)18(14(22)15(10,2)17-16-11)8-4-6-9(7-5-8)19(23)24/h4-7,10,17H,3H2,1-2H3/t10-,15+/m1/s1. The van der Waals surface area contributed by atoms with Crippen LogP contribution < -0.4 is 10.3 Å². The zero-order chi connectivity index (χ0) is 18.4. The molecular formula is C15H14N4O6. The molecule has 1 saturated heterocycles. The minimum atomic E-state index is -1.40. The first-order chi connectivity index (χ1) is 11.8. The predicted octanol–water partition coefficient (Wildman–Crippen LogP) is 0.365. The number of hydrazone groups is 1. The molecule has 0 radical (unpaired) electrons. The number of anilines is 1. The Kier molecular flexibility index (Phi) is 3.74. The van der Waals surface area contributed by atoms with E-state index in [4.69, 9.17) is 4.74 Å². The summed E-state index contributed by atoms with van der Waals surface area (Å²) in [6, 6.07) is 5.00. The van der Waals surface area contributed by atoms with Gasteiger partial charge < -0.3 is 4.74 Å². The molecule has 0 aromatic heterocycles. The van der Waals surface area contributed by atoms with Crippen LogP contribution in [0.5, 0.6) is 0 Å². The largest absolute Gasteiger partial charge is 0.461 e. The molecule has 0 saturated carbocycles. The highest BCUT2D eigenvalue weighted by Gasteiger charge is 2.63. The second-order valence-corrected chi connectivity index (χ2v) is 5.72. The summed E-state index contributed by atoms with van der Waals surface area (Å²) in [5.74, 6) is -3.12. The molecule has 2 aliphatic heterocycles. The molecule has 2 aliphatic rings. The zero-order valence-corrected chi connectivity index (χ0v) is 13.4. The van der Waals surface area contributed by atoms with Crippen LogP contribution >= 0.6 is 0 Å². The Morgan fingerprint density at radius 2 is 2.04 bits per heavy atom. The molecule has 0 aliphatic carbocycles.